The molecule has 10 heteroatoms. The van der Waals surface area contributed by atoms with Crippen LogP contribution >= 0.6 is 0 Å². The number of halogens is 3. The van der Waals surface area contributed by atoms with Crippen molar-refractivity contribution in [3.8, 4) is 5.88 Å². The van der Waals surface area contributed by atoms with Crippen molar-refractivity contribution in [2.75, 3.05) is 11.9 Å². The highest BCUT2D eigenvalue weighted by Gasteiger charge is 2.28. The summed E-state index contributed by atoms with van der Waals surface area (Å²) in [4.78, 5) is 30.7. The van der Waals surface area contributed by atoms with E-state index in [1.807, 2.05) is 0 Å². The number of pyridine rings is 2. The van der Waals surface area contributed by atoms with Gasteiger partial charge in [-0.25, -0.2) is 4.98 Å². The Morgan fingerprint density at radius 3 is 2.77 bits per heavy atom. The number of carbonyl (C=O) groups excluding carboxylic acids is 1. The number of hydrogen-bond acceptors (Lipinski definition) is 4. The Morgan fingerprint density at radius 2 is 2.12 bits per heavy atom. The van der Waals surface area contributed by atoms with Crippen molar-refractivity contribution in [1.82, 2.24) is 14.5 Å². The zero-order chi connectivity index (χ0) is 18.9. The molecule has 0 radical (unpaired) electrons. The zero-order valence-electron chi connectivity index (χ0n) is 13.4. The van der Waals surface area contributed by atoms with Crippen molar-refractivity contribution in [1.29, 1.82) is 0 Å². The maximum Gasteiger partial charge on any atom is 0.422 e. The topological polar surface area (TPSA) is 89.0 Å². The fraction of sp³-hybridized carbons (Fsp3) is 0.188. The summed E-state index contributed by atoms with van der Waals surface area (Å²) >= 11 is 0. The highest BCUT2D eigenvalue weighted by Crippen LogP contribution is 2.20. The van der Waals surface area contributed by atoms with Gasteiger partial charge in [-0.15, -0.1) is 0 Å². The molecule has 0 unspecified atom stereocenters. The van der Waals surface area contributed by atoms with Gasteiger partial charge < -0.3 is 19.6 Å². The molecule has 1 amide bonds. The van der Waals surface area contributed by atoms with E-state index in [0.717, 1.165) is 0 Å². The number of nitrogens with one attached hydrogen (secondary N) is 2. The van der Waals surface area contributed by atoms with Crippen molar-refractivity contribution < 1.29 is 22.7 Å². The third-order valence-corrected chi connectivity index (χ3v) is 3.53. The maximum atomic E-state index is 12.5. The van der Waals surface area contributed by atoms with Gasteiger partial charge in [-0.05, 0) is 12.1 Å². The minimum atomic E-state index is -4.46. The second-order valence-corrected chi connectivity index (χ2v) is 5.46. The number of carbonyl (C=O) groups is 1. The molecule has 0 saturated carbocycles. The Balaban J connectivity index is 1.78. The average Bonchev–Trinajstić information content (AvgIpc) is 2.92. The summed E-state index contributed by atoms with van der Waals surface area (Å²) in [7, 11) is 1.70. The molecule has 0 aliphatic heterocycles. The number of aromatic amines is 1. The number of aryl methyl sites for hydroxylation is 1. The SMILES string of the molecule is Cn1cc(C(=O)Nc2ccc(OCC(F)(F)F)nc2)c2c(=O)[nH]ccc21. The van der Waals surface area contributed by atoms with Crippen LogP contribution in [0.3, 0.4) is 0 Å². The van der Waals surface area contributed by atoms with Crippen LogP contribution in [0.5, 0.6) is 5.88 Å². The van der Waals surface area contributed by atoms with E-state index in [-0.39, 0.29) is 22.5 Å². The number of ether oxygens (including phenoxy) is 1. The van der Waals surface area contributed by atoms with E-state index in [4.69, 9.17) is 0 Å². The molecule has 0 aromatic carbocycles. The van der Waals surface area contributed by atoms with E-state index in [2.05, 4.69) is 20.0 Å². The molecule has 0 fully saturated rings. The fourth-order valence-corrected chi connectivity index (χ4v) is 2.42. The van der Waals surface area contributed by atoms with Gasteiger partial charge in [-0.3, -0.25) is 9.59 Å². The standard InChI is InChI=1S/C16H13F3N4O3/c1-23-7-10(13-11(23)4-5-20-15(13)25)14(24)22-9-2-3-12(21-6-9)26-8-16(17,18)19/h2-7H,8H2,1H3,(H,20,25)(H,22,24). The minimum Gasteiger partial charge on any atom is -0.468 e. The first-order chi connectivity index (χ1) is 12.2. The fourth-order valence-electron chi connectivity index (χ4n) is 2.42. The predicted octanol–water partition coefficient (Wildman–Crippen LogP) is 2.46. The Morgan fingerprint density at radius 1 is 1.35 bits per heavy atom. The summed E-state index contributed by atoms with van der Waals surface area (Å²) in [5.74, 6) is -0.764. The van der Waals surface area contributed by atoms with Crippen LogP contribution in [0.1, 0.15) is 10.4 Å². The summed E-state index contributed by atoms with van der Waals surface area (Å²) in [5, 5.41) is 2.79. The third-order valence-electron chi connectivity index (χ3n) is 3.53. The van der Waals surface area contributed by atoms with E-state index >= 15 is 0 Å². The van der Waals surface area contributed by atoms with Crippen LogP contribution in [-0.2, 0) is 7.05 Å². The number of amides is 1. The number of fused-ring (bicyclic) bond motifs is 1. The van der Waals surface area contributed by atoms with E-state index in [9.17, 15) is 22.8 Å². The van der Waals surface area contributed by atoms with Gasteiger partial charge in [0.2, 0.25) is 5.88 Å². The number of aromatic nitrogens is 3. The summed E-state index contributed by atoms with van der Waals surface area (Å²) in [6.45, 7) is -1.45. The van der Waals surface area contributed by atoms with Crippen molar-refractivity contribution in [3.63, 3.8) is 0 Å². The maximum absolute atomic E-state index is 12.5. The lowest BCUT2D eigenvalue weighted by Gasteiger charge is -2.09. The van der Waals surface area contributed by atoms with Crippen LogP contribution in [0.4, 0.5) is 18.9 Å². The molecule has 3 rings (SSSR count). The highest BCUT2D eigenvalue weighted by atomic mass is 19.4. The molecule has 2 N–H and O–H groups in total. The van der Waals surface area contributed by atoms with Crippen molar-refractivity contribution >= 4 is 22.5 Å². The van der Waals surface area contributed by atoms with Gasteiger partial charge in [-0.1, -0.05) is 0 Å². The molecule has 3 aromatic rings. The summed E-state index contributed by atoms with van der Waals surface area (Å²) in [6.07, 6.45) is -0.297. The molecular weight excluding hydrogens is 353 g/mol. The zero-order valence-corrected chi connectivity index (χ0v) is 13.4. The third kappa shape index (κ3) is 3.68. The van der Waals surface area contributed by atoms with E-state index in [1.54, 1.807) is 17.7 Å². The second-order valence-electron chi connectivity index (χ2n) is 5.46. The van der Waals surface area contributed by atoms with Crippen LogP contribution < -0.4 is 15.6 Å². The van der Waals surface area contributed by atoms with Gasteiger partial charge in [0.05, 0.1) is 28.4 Å². The summed E-state index contributed by atoms with van der Waals surface area (Å²) < 4.78 is 42.4. The van der Waals surface area contributed by atoms with Crippen LogP contribution in [-0.4, -0.2) is 33.2 Å². The lowest BCUT2D eigenvalue weighted by Crippen LogP contribution is -2.19. The molecule has 136 valence electrons. The van der Waals surface area contributed by atoms with Gasteiger partial charge in [0.15, 0.2) is 6.61 Å². The number of hydrogen-bond donors (Lipinski definition) is 2. The van der Waals surface area contributed by atoms with Crippen molar-refractivity contribution in [3.05, 3.63) is 52.7 Å². The van der Waals surface area contributed by atoms with Gasteiger partial charge in [0.1, 0.15) is 0 Å². The quantitative estimate of drug-likeness (QED) is 0.742. The Kier molecular flexibility index (Phi) is 4.41. The first-order valence-corrected chi connectivity index (χ1v) is 7.38. The molecule has 0 atom stereocenters. The predicted molar refractivity (Wildman–Crippen MR) is 87.3 cm³/mol. The van der Waals surface area contributed by atoms with Crippen molar-refractivity contribution in [2.45, 2.75) is 6.18 Å². The van der Waals surface area contributed by atoms with Gasteiger partial charge in [0, 0.05) is 25.5 Å². The molecule has 0 bridgehead atoms. The van der Waals surface area contributed by atoms with Gasteiger partial charge >= 0.3 is 6.18 Å². The average molecular weight is 366 g/mol. The molecule has 7 nitrogen and oxygen atoms in total. The van der Waals surface area contributed by atoms with E-state index in [1.165, 1.54) is 30.7 Å². The van der Waals surface area contributed by atoms with E-state index < -0.39 is 24.2 Å². The Hall–Kier alpha value is -3.30. The second kappa shape index (κ2) is 6.54. The molecule has 0 saturated heterocycles. The normalized spacial score (nSPS) is 11.5. The van der Waals surface area contributed by atoms with Crippen LogP contribution in [0.15, 0.2) is 41.6 Å². The lowest BCUT2D eigenvalue weighted by molar-refractivity contribution is -0.154. The van der Waals surface area contributed by atoms with Gasteiger partial charge in [-0.2, -0.15) is 13.2 Å². The Labute approximate surface area is 144 Å². The van der Waals surface area contributed by atoms with Crippen molar-refractivity contribution in [2.24, 2.45) is 7.05 Å². The van der Waals surface area contributed by atoms with Gasteiger partial charge in [0.25, 0.3) is 11.5 Å². The highest BCUT2D eigenvalue weighted by molar-refractivity contribution is 6.12. The largest absolute Gasteiger partial charge is 0.468 e. The van der Waals surface area contributed by atoms with Crippen LogP contribution in [0, 0.1) is 0 Å². The summed E-state index contributed by atoms with van der Waals surface area (Å²) in [5.41, 5.74) is 0.607. The first kappa shape index (κ1) is 17.5. The summed E-state index contributed by atoms with van der Waals surface area (Å²) in [6, 6.07) is 4.23. The van der Waals surface area contributed by atoms with Crippen LogP contribution in [0.25, 0.3) is 10.9 Å². The van der Waals surface area contributed by atoms with Crippen LogP contribution in [0.2, 0.25) is 0 Å². The molecule has 26 heavy (non-hydrogen) atoms. The minimum absolute atomic E-state index is 0.168. The molecule has 3 heterocycles. The lowest BCUT2D eigenvalue weighted by atomic mass is 10.2. The number of H-pyrrole nitrogens is 1. The molecule has 0 aliphatic rings. The number of anilines is 1. The smallest absolute Gasteiger partial charge is 0.422 e. The number of alkyl halides is 3. The Bertz CT molecular complexity index is 1010. The molecular formula is C16H13F3N4O3. The van der Waals surface area contributed by atoms with E-state index in [0.29, 0.717) is 5.52 Å². The molecule has 0 aliphatic carbocycles. The monoisotopic (exact) mass is 366 g/mol. The molecule has 0 spiro atoms. The first-order valence-electron chi connectivity index (χ1n) is 7.38. The number of rotatable bonds is 4. The number of nitrogens with zero attached hydrogens (tertiary/aromatic N) is 2. The molecule has 3 aromatic heterocycles.